The minimum atomic E-state index is -1.13. The summed E-state index contributed by atoms with van der Waals surface area (Å²) in [4.78, 5) is 0. The van der Waals surface area contributed by atoms with Crippen LogP contribution in [0.3, 0.4) is 0 Å². The van der Waals surface area contributed by atoms with Crippen molar-refractivity contribution in [3.8, 4) is 0 Å². The van der Waals surface area contributed by atoms with Crippen LogP contribution < -0.4 is 5.19 Å². The molecule has 15 heavy (non-hydrogen) atoms. The Morgan fingerprint density at radius 2 is 1.47 bits per heavy atom. The van der Waals surface area contributed by atoms with E-state index in [4.69, 9.17) is 0 Å². The molecule has 0 aliphatic carbocycles. The molecular weight excluding hydrogens is 363 g/mol. The first kappa shape index (κ1) is 13.2. The molecule has 0 unspecified atom stereocenters. The Hall–Kier alpha value is 0.177. The van der Waals surface area contributed by atoms with E-state index in [2.05, 4.69) is 48.8 Å². The Bertz CT molecular complexity index is 304. The number of rotatable bonds is 5. The van der Waals surface area contributed by atoms with Gasteiger partial charge in [-0.25, -0.2) is 0 Å². The summed E-state index contributed by atoms with van der Waals surface area (Å²) >= 11 is 1.15. The van der Waals surface area contributed by atoms with Crippen LogP contribution in [0.1, 0.15) is 26.3 Å². The van der Waals surface area contributed by atoms with Crippen LogP contribution in [0.2, 0.25) is 18.1 Å². The molecule has 0 N–H and O–H groups in total. The summed E-state index contributed by atoms with van der Waals surface area (Å²) in [5.74, 6) is 0. The van der Waals surface area contributed by atoms with E-state index in [0.29, 0.717) is 0 Å². The topological polar surface area (TPSA) is 0 Å². The molecule has 0 atom stereocenters. The van der Waals surface area contributed by atoms with Gasteiger partial charge < -0.3 is 0 Å². The zero-order valence-corrected chi connectivity index (χ0v) is 14.6. The number of hydrogen-bond donors (Lipinski definition) is 0. The standard InChI is InChI=1S/C13H20Si.Hf/c1-5-14(6-2,7-3)13-10-8-12(4)9-11-13;/h4,8-11H,5-7H2,1-3H3;/q;+2. The summed E-state index contributed by atoms with van der Waals surface area (Å²) in [6.07, 6.45) is 0. The Balaban J connectivity index is 3.06. The van der Waals surface area contributed by atoms with Crippen LogP contribution in [0.25, 0.3) is 0 Å². The average Bonchev–Trinajstić information content (AvgIpc) is 2.33. The average molecular weight is 383 g/mol. The summed E-state index contributed by atoms with van der Waals surface area (Å²) in [6.45, 7) is 7.10. The van der Waals surface area contributed by atoms with Crippen LogP contribution in [0, 0.1) is 0 Å². The first-order valence-corrected chi connectivity index (χ1v) is 10.5. The van der Waals surface area contributed by atoms with Crippen molar-refractivity contribution in [2.75, 3.05) is 0 Å². The summed E-state index contributed by atoms with van der Waals surface area (Å²) in [5, 5.41) is 1.65. The molecule has 0 aliphatic heterocycles. The molecule has 2 heteroatoms. The molecule has 1 aromatic carbocycles. The van der Waals surface area contributed by atoms with E-state index in [9.17, 15) is 0 Å². The van der Waals surface area contributed by atoms with Gasteiger partial charge >= 0.3 is 110 Å². The second-order valence-electron chi connectivity index (χ2n) is 4.11. The van der Waals surface area contributed by atoms with Gasteiger partial charge in [0.1, 0.15) is 0 Å². The quantitative estimate of drug-likeness (QED) is 0.686. The van der Waals surface area contributed by atoms with Crippen molar-refractivity contribution >= 4 is 17.0 Å². The third-order valence-electron chi connectivity index (χ3n) is 3.72. The van der Waals surface area contributed by atoms with Crippen LogP contribution >= 0.6 is 0 Å². The summed E-state index contributed by atoms with van der Waals surface area (Å²) in [6, 6.07) is 13.5. The van der Waals surface area contributed by atoms with Crippen molar-refractivity contribution in [1.82, 2.24) is 0 Å². The normalized spacial score (nSPS) is 11.5. The third kappa shape index (κ3) is 2.85. The van der Waals surface area contributed by atoms with Crippen molar-refractivity contribution in [2.45, 2.75) is 38.9 Å². The SMILES string of the molecule is CC[Si](CC)(CC)c1ccc([CH]=[Hf+2])cc1. The first-order chi connectivity index (χ1) is 7.22. The molecule has 0 aliphatic rings. The third-order valence-corrected chi connectivity index (χ3v) is 10.5. The summed E-state index contributed by atoms with van der Waals surface area (Å²) < 4.78 is 2.30. The molecule has 0 fully saturated rings. The number of hydrogen-bond acceptors (Lipinski definition) is 0. The molecule has 0 aromatic heterocycles. The first-order valence-electron chi connectivity index (χ1n) is 5.83. The van der Waals surface area contributed by atoms with E-state index in [0.717, 1.165) is 23.9 Å². The maximum absolute atomic E-state index is 2.38. The van der Waals surface area contributed by atoms with Crippen molar-refractivity contribution in [1.29, 1.82) is 0 Å². The Kier molecular flexibility index (Phi) is 5.34. The molecule has 1 aromatic rings. The fourth-order valence-corrected chi connectivity index (χ4v) is 6.59. The summed E-state index contributed by atoms with van der Waals surface area (Å²) in [7, 11) is -1.13. The van der Waals surface area contributed by atoms with Crippen LogP contribution in [0.5, 0.6) is 0 Å². The van der Waals surface area contributed by atoms with Gasteiger partial charge in [0.2, 0.25) is 0 Å². The van der Waals surface area contributed by atoms with Crippen LogP contribution in [-0.2, 0) is 23.9 Å². The van der Waals surface area contributed by atoms with Crippen LogP contribution in [-0.4, -0.2) is 11.8 Å². The van der Waals surface area contributed by atoms with E-state index in [1.54, 1.807) is 5.19 Å². The second-order valence-corrected chi connectivity index (χ2v) is 10.4. The molecular formula is C13H20HfSi+2. The van der Waals surface area contributed by atoms with Gasteiger partial charge in [-0.2, -0.15) is 0 Å². The molecule has 0 nitrogen and oxygen atoms in total. The predicted molar refractivity (Wildman–Crippen MR) is 68.4 cm³/mol. The molecule has 0 radical (unpaired) electrons. The Morgan fingerprint density at radius 3 is 1.80 bits per heavy atom. The molecule has 1 rings (SSSR count). The summed E-state index contributed by atoms with van der Waals surface area (Å²) in [5.41, 5.74) is 1.40. The van der Waals surface area contributed by atoms with E-state index in [1.165, 1.54) is 23.7 Å². The Morgan fingerprint density at radius 1 is 1.00 bits per heavy atom. The van der Waals surface area contributed by atoms with E-state index >= 15 is 0 Å². The van der Waals surface area contributed by atoms with E-state index in [-0.39, 0.29) is 0 Å². The number of benzene rings is 1. The van der Waals surface area contributed by atoms with Crippen LogP contribution in [0.15, 0.2) is 24.3 Å². The van der Waals surface area contributed by atoms with Gasteiger partial charge in [-0.1, -0.05) is 0 Å². The fraction of sp³-hybridized carbons (Fsp3) is 0.462. The fourth-order valence-electron chi connectivity index (χ4n) is 2.30. The molecule has 78 valence electrons. The molecule has 0 heterocycles. The van der Waals surface area contributed by atoms with Gasteiger partial charge in [0, 0.05) is 0 Å². The molecule has 0 saturated heterocycles. The second kappa shape index (κ2) is 6.05. The van der Waals surface area contributed by atoms with Gasteiger partial charge in [0.05, 0.1) is 0 Å². The van der Waals surface area contributed by atoms with Crippen molar-refractivity contribution in [3.05, 3.63) is 29.8 Å². The van der Waals surface area contributed by atoms with Crippen LogP contribution in [0.4, 0.5) is 0 Å². The monoisotopic (exact) mass is 384 g/mol. The zero-order chi connectivity index (χ0) is 11.3. The predicted octanol–water partition coefficient (Wildman–Crippen LogP) is 3.10. The molecule has 0 saturated carbocycles. The molecule has 0 amide bonds. The Labute approximate surface area is 109 Å². The van der Waals surface area contributed by atoms with Crippen molar-refractivity contribution < 1.29 is 23.9 Å². The van der Waals surface area contributed by atoms with E-state index in [1.807, 2.05) is 0 Å². The van der Waals surface area contributed by atoms with Gasteiger partial charge in [-0.3, -0.25) is 0 Å². The maximum atomic E-state index is 2.38. The van der Waals surface area contributed by atoms with Gasteiger partial charge in [-0.15, -0.1) is 0 Å². The van der Waals surface area contributed by atoms with Crippen molar-refractivity contribution in [3.63, 3.8) is 0 Å². The molecule has 0 spiro atoms. The van der Waals surface area contributed by atoms with Gasteiger partial charge in [-0.05, 0) is 0 Å². The zero-order valence-electron chi connectivity index (χ0n) is 10.0. The van der Waals surface area contributed by atoms with Gasteiger partial charge in [0.25, 0.3) is 0 Å². The van der Waals surface area contributed by atoms with Crippen molar-refractivity contribution in [2.24, 2.45) is 0 Å². The molecule has 0 bridgehead atoms. The minimum absolute atomic E-state index is 1.13. The van der Waals surface area contributed by atoms with E-state index < -0.39 is 8.07 Å². The van der Waals surface area contributed by atoms with Gasteiger partial charge in [0.15, 0.2) is 0 Å².